The van der Waals surface area contributed by atoms with Crippen molar-refractivity contribution in [3.05, 3.63) is 0 Å². The van der Waals surface area contributed by atoms with Gasteiger partial charge in [0.05, 0.1) is 12.2 Å². The van der Waals surface area contributed by atoms with Gasteiger partial charge in [-0.2, -0.15) is 0 Å². The maximum atomic E-state index is 8.89. The monoisotopic (exact) mass is 182 g/mol. The molecule has 0 radical (unpaired) electrons. The van der Waals surface area contributed by atoms with Gasteiger partial charge in [0.15, 0.2) is 0 Å². The quantitative estimate of drug-likeness (QED) is 0.422. The third-order valence-corrected chi connectivity index (χ3v) is 1.24. The first kappa shape index (κ1) is 14.3. The number of methoxy groups -OCH3 is 1. The van der Waals surface area contributed by atoms with Crippen molar-refractivity contribution in [1.29, 1.82) is 0 Å². The Morgan fingerprint density at radius 3 is 1.50 bits per heavy atom. The molecule has 0 bridgehead atoms. The number of hydrogen-bond donors (Lipinski definition) is 4. The summed E-state index contributed by atoms with van der Waals surface area (Å²) in [5.74, 6) is 0. The molecule has 0 rings (SSSR count). The highest BCUT2D eigenvalue weighted by molar-refractivity contribution is 4.59. The van der Waals surface area contributed by atoms with E-state index in [1.807, 2.05) is 6.92 Å². The van der Waals surface area contributed by atoms with Gasteiger partial charge in [-0.05, 0) is 13.3 Å². The molecule has 0 heterocycles. The summed E-state index contributed by atoms with van der Waals surface area (Å²) in [6.45, 7) is 1.55. The molecule has 0 aliphatic heterocycles. The molecular formula is C7H18O5. The van der Waals surface area contributed by atoms with E-state index in [4.69, 9.17) is 25.2 Å². The predicted molar refractivity (Wildman–Crippen MR) is 43.2 cm³/mol. The Balaban J connectivity index is 0. The van der Waals surface area contributed by atoms with Crippen LogP contribution in [0.2, 0.25) is 0 Å². The van der Waals surface area contributed by atoms with Gasteiger partial charge in [-0.25, -0.2) is 0 Å². The van der Waals surface area contributed by atoms with Crippen molar-refractivity contribution in [1.82, 2.24) is 0 Å². The number of aliphatic hydroxyl groups is 4. The van der Waals surface area contributed by atoms with E-state index in [0.717, 1.165) is 6.42 Å². The summed E-state index contributed by atoms with van der Waals surface area (Å²) < 4.78 is 4.91. The first-order valence-electron chi connectivity index (χ1n) is 3.70. The largest absolute Gasteiger partial charge is 0.391 e. The second-order valence-electron chi connectivity index (χ2n) is 2.27. The van der Waals surface area contributed by atoms with E-state index in [2.05, 4.69) is 0 Å². The van der Waals surface area contributed by atoms with Crippen LogP contribution in [0.1, 0.15) is 20.3 Å². The average Bonchev–Trinajstić information content (AvgIpc) is 1.87. The van der Waals surface area contributed by atoms with Crippen molar-refractivity contribution in [2.75, 3.05) is 7.11 Å². The highest BCUT2D eigenvalue weighted by Crippen LogP contribution is 2.00. The van der Waals surface area contributed by atoms with Gasteiger partial charge in [0.25, 0.3) is 6.48 Å². The maximum Gasteiger partial charge on any atom is 0.263 e. The minimum Gasteiger partial charge on any atom is -0.391 e. The van der Waals surface area contributed by atoms with Gasteiger partial charge in [0.2, 0.25) is 0 Å². The van der Waals surface area contributed by atoms with Crippen molar-refractivity contribution in [3.63, 3.8) is 0 Å². The Bertz CT molecular complexity index is 77.1. The summed E-state index contributed by atoms with van der Waals surface area (Å²) in [5.41, 5.74) is 0. The Kier molecular flexibility index (Phi) is 10.6. The number of ether oxygens (including phenoxy) is 1. The second kappa shape index (κ2) is 8.89. The first-order valence-corrected chi connectivity index (χ1v) is 3.70. The third kappa shape index (κ3) is 12.5. The Morgan fingerprint density at radius 2 is 1.50 bits per heavy atom. The summed E-state index contributed by atoms with van der Waals surface area (Å²) in [4.78, 5) is 0. The van der Waals surface area contributed by atoms with Gasteiger partial charge < -0.3 is 25.2 Å². The van der Waals surface area contributed by atoms with Crippen molar-refractivity contribution < 1.29 is 25.2 Å². The zero-order valence-electron chi connectivity index (χ0n) is 7.64. The molecular weight excluding hydrogens is 164 g/mol. The van der Waals surface area contributed by atoms with Crippen LogP contribution in [0.25, 0.3) is 0 Å². The summed E-state index contributed by atoms with van der Waals surface area (Å²) >= 11 is 0. The van der Waals surface area contributed by atoms with Crippen LogP contribution in [-0.2, 0) is 4.74 Å². The third-order valence-electron chi connectivity index (χ3n) is 1.24. The second-order valence-corrected chi connectivity index (χ2v) is 2.27. The zero-order chi connectivity index (χ0) is 10.1. The molecule has 0 amide bonds. The lowest BCUT2D eigenvalue weighted by molar-refractivity contribution is -0.198. The molecule has 12 heavy (non-hydrogen) atoms. The van der Waals surface area contributed by atoms with Crippen LogP contribution in [0.4, 0.5) is 0 Å². The Hall–Kier alpha value is -0.200. The normalized spacial score (nSPS) is 15.0. The molecule has 0 aliphatic carbocycles. The molecule has 0 aliphatic rings. The van der Waals surface area contributed by atoms with Gasteiger partial charge in [-0.3, -0.25) is 0 Å². The summed E-state index contributed by atoms with van der Waals surface area (Å²) in [6, 6.07) is 0. The predicted octanol–water partition coefficient (Wildman–Crippen LogP) is -0.961. The smallest absolute Gasteiger partial charge is 0.263 e. The van der Waals surface area contributed by atoms with E-state index in [1.165, 1.54) is 0 Å². The standard InChI is InChI=1S/C6H14O2.CH4O3/c1-4-6(8-3)5(2)7;2-1(3)4/h5-7H,4H2,1-3H3;1-4H. The number of aliphatic hydroxyl groups excluding tert-OH is 2. The van der Waals surface area contributed by atoms with Gasteiger partial charge in [-0.1, -0.05) is 6.92 Å². The first-order chi connectivity index (χ1) is 5.45. The Labute approximate surface area is 72.2 Å². The molecule has 0 fully saturated rings. The summed E-state index contributed by atoms with van der Waals surface area (Å²) in [6.07, 6.45) is 0.536. The molecule has 2 unspecified atom stereocenters. The number of rotatable bonds is 3. The minimum absolute atomic E-state index is 0.00926. The molecule has 4 N–H and O–H groups in total. The molecule has 0 aromatic carbocycles. The lowest BCUT2D eigenvalue weighted by Gasteiger charge is -2.14. The van der Waals surface area contributed by atoms with Gasteiger partial charge >= 0.3 is 0 Å². The molecule has 0 saturated carbocycles. The van der Waals surface area contributed by atoms with Crippen LogP contribution < -0.4 is 0 Å². The van der Waals surface area contributed by atoms with Crippen LogP contribution in [0, 0.1) is 0 Å². The molecule has 5 nitrogen and oxygen atoms in total. The number of hydrogen-bond acceptors (Lipinski definition) is 5. The highest BCUT2D eigenvalue weighted by atomic mass is 16.6. The summed E-state index contributed by atoms with van der Waals surface area (Å²) in [5, 5.41) is 30.4. The average molecular weight is 182 g/mol. The van der Waals surface area contributed by atoms with Crippen LogP contribution >= 0.6 is 0 Å². The molecule has 0 saturated heterocycles. The molecule has 0 aromatic heterocycles. The lowest BCUT2D eigenvalue weighted by atomic mass is 10.2. The molecule has 0 aromatic rings. The van der Waals surface area contributed by atoms with E-state index < -0.39 is 6.48 Å². The van der Waals surface area contributed by atoms with E-state index >= 15 is 0 Å². The highest BCUT2D eigenvalue weighted by Gasteiger charge is 2.09. The molecule has 76 valence electrons. The van der Waals surface area contributed by atoms with Crippen molar-refractivity contribution in [2.45, 2.75) is 39.0 Å². The van der Waals surface area contributed by atoms with Crippen LogP contribution in [0.5, 0.6) is 0 Å². The van der Waals surface area contributed by atoms with Gasteiger partial charge in [0.1, 0.15) is 0 Å². The van der Waals surface area contributed by atoms with E-state index in [1.54, 1.807) is 14.0 Å². The fourth-order valence-corrected chi connectivity index (χ4v) is 0.705. The topological polar surface area (TPSA) is 90.2 Å². The van der Waals surface area contributed by atoms with E-state index in [-0.39, 0.29) is 12.2 Å². The molecule has 0 spiro atoms. The van der Waals surface area contributed by atoms with Gasteiger partial charge in [-0.15, -0.1) is 0 Å². The minimum atomic E-state index is -2.17. The SMILES string of the molecule is CCC(OC)C(C)O.OC(O)O. The fraction of sp³-hybridized carbons (Fsp3) is 1.00. The van der Waals surface area contributed by atoms with Crippen molar-refractivity contribution in [2.24, 2.45) is 0 Å². The molecule has 2 atom stereocenters. The van der Waals surface area contributed by atoms with E-state index in [9.17, 15) is 0 Å². The molecule has 5 heteroatoms. The van der Waals surface area contributed by atoms with Gasteiger partial charge in [0, 0.05) is 7.11 Å². The van der Waals surface area contributed by atoms with Crippen LogP contribution in [0.3, 0.4) is 0 Å². The lowest BCUT2D eigenvalue weighted by Crippen LogP contribution is -2.23. The summed E-state index contributed by atoms with van der Waals surface area (Å²) in [7, 11) is 1.61. The van der Waals surface area contributed by atoms with Crippen molar-refractivity contribution >= 4 is 0 Å². The van der Waals surface area contributed by atoms with Crippen LogP contribution in [0.15, 0.2) is 0 Å². The maximum absolute atomic E-state index is 8.89. The van der Waals surface area contributed by atoms with E-state index in [0.29, 0.717) is 0 Å². The Morgan fingerprint density at radius 1 is 1.17 bits per heavy atom. The fourth-order valence-electron chi connectivity index (χ4n) is 0.705. The van der Waals surface area contributed by atoms with Crippen LogP contribution in [-0.4, -0.2) is 46.2 Å². The zero-order valence-corrected chi connectivity index (χ0v) is 7.64. The van der Waals surface area contributed by atoms with Crippen molar-refractivity contribution in [3.8, 4) is 0 Å².